The number of carbonyl (C=O) groups excluding carboxylic acids is 1. The minimum absolute atomic E-state index is 0.129. The monoisotopic (exact) mass is 196 g/mol. The summed E-state index contributed by atoms with van der Waals surface area (Å²) in [6.07, 6.45) is -0.692. The summed E-state index contributed by atoms with van der Waals surface area (Å²) in [5, 5.41) is 0. The van der Waals surface area contributed by atoms with Crippen molar-refractivity contribution in [2.45, 2.75) is 25.2 Å². The van der Waals surface area contributed by atoms with Gasteiger partial charge in [-0.25, -0.2) is 8.78 Å². The highest BCUT2D eigenvalue weighted by molar-refractivity contribution is 5.98. The average Bonchev–Trinajstić information content (AvgIpc) is 3.00. The molecule has 0 bridgehead atoms. The molecule has 0 unspecified atom stereocenters. The van der Waals surface area contributed by atoms with E-state index in [1.807, 2.05) is 6.07 Å². The molecule has 1 aliphatic carbocycles. The molecular formula is C11H10F2O. The van der Waals surface area contributed by atoms with Crippen molar-refractivity contribution in [2.75, 3.05) is 0 Å². The Kier molecular flexibility index (Phi) is 2.32. The van der Waals surface area contributed by atoms with Crippen molar-refractivity contribution in [3.63, 3.8) is 0 Å². The predicted octanol–water partition coefficient (Wildman–Crippen LogP) is 3.01. The summed E-state index contributed by atoms with van der Waals surface area (Å²) >= 11 is 0. The summed E-state index contributed by atoms with van der Waals surface area (Å²) in [4.78, 5) is 11.0. The van der Waals surface area contributed by atoms with Gasteiger partial charge in [0.25, 0.3) is 0 Å². The first-order chi connectivity index (χ1) is 6.68. The molecule has 0 spiro atoms. The van der Waals surface area contributed by atoms with E-state index in [-0.39, 0.29) is 5.56 Å². The molecule has 0 N–H and O–H groups in total. The molecule has 74 valence electrons. The molecule has 1 nitrogen and oxygen atoms in total. The third kappa shape index (κ3) is 1.81. The number of rotatable bonds is 3. The van der Waals surface area contributed by atoms with Crippen LogP contribution in [-0.4, -0.2) is 12.2 Å². The smallest absolute Gasteiger partial charge is 0.288 e. The standard InChI is InChI=1S/C11H10F2O/c12-11(13)10(14)9-3-1-2-8(6-9)7-4-5-7/h1-3,6-7,11H,4-5H2. The van der Waals surface area contributed by atoms with Crippen LogP contribution in [0.25, 0.3) is 0 Å². The minimum atomic E-state index is -2.90. The Balaban J connectivity index is 2.25. The van der Waals surface area contributed by atoms with Gasteiger partial charge in [-0.05, 0) is 30.4 Å². The van der Waals surface area contributed by atoms with Crippen LogP contribution in [0.2, 0.25) is 0 Å². The van der Waals surface area contributed by atoms with Crippen molar-refractivity contribution in [3.05, 3.63) is 35.4 Å². The molecule has 0 heterocycles. The fourth-order valence-corrected chi connectivity index (χ4v) is 1.49. The van der Waals surface area contributed by atoms with E-state index >= 15 is 0 Å². The lowest BCUT2D eigenvalue weighted by atomic mass is 10.0. The summed E-state index contributed by atoms with van der Waals surface area (Å²) in [7, 11) is 0. The molecule has 0 radical (unpaired) electrons. The Morgan fingerprint density at radius 2 is 2.07 bits per heavy atom. The zero-order valence-corrected chi connectivity index (χ0v) is 7.54. The van der Waals surface area contributed by atoms with E-state index in [9.17, 15) is 13.6 Å². The maximum Gasteiger partial charge on any atom is 0.300 e. The number of halogens is 2. The van der Waals surface area contributed by atoms with Crippen LogP contribution in [0.4, 0.5) is 8.78 Å². The zero-order valence-electron chi connectivity index (χ0n) is 7.54. The number of hydrogen-bond donors (Lipinski definition) is 0. The van der Waals surface area contributed by atoms with Crippen LogP contribution in [0, 0.1) is 0 Å². The van der Waals surface area contributed by atoms with Crippen molar-refractivity contribution in [1.82, 2.24) is 0 Å². The number of alkyl halides is 2. The Labute approximate surface area is 80.7 Å². The lowest BCUT2D eigenvalue weighted by molar-refractivity contribution is 0.0678. The molecule has 0 atom stereocenters. The Hall–Kier alpha value is -1.25. The summed E-state index contributed by atoms with van der Waals surface area (Å²) in [6.45, 7) is 0. The van der Waals surface area contributed by atoms with Crippen LogP contribution < -0.4 is 0 Å². The fraction of sp³-hybridized carbons (Fsp3) is 0.364. The first-order valence-corrected chi connectivity index (χ1v) is 4.61. The van der Waals surface area contributed by atoms with Crippen LogP contribution in [0.5, 0.6) is 0 Å². The van der Waals surface area contributed by atoms with Gasteiger partial charge in [0.1, 0.15) is 0 Å². The summed E-state index contributed by atoms with van der Waals surface area (Å²) in [5.41, 5.74) is 1.14. The second kappa shape index (κ2) is 3.48. The highest BCUT2D eigenvalue weighted by Crippen LogP contribution is 2.40. The number of benzene rings is 1. The second-order valence-corrected chi connectivity index (χ2v) is 3.56. The average molecular weight is 196 g/mol. The van der Waals surface area contributed by atoms with Gasteiger partial charge in [-0.3, -0.25) is 4.79 Å². The van der Waals surface area contributed by atoms with Crippen LogP contribution in [0.3, 0.4) is 0 Å². The van der Waals surface area contributed by atoms with E-state index in [1.165, 1.54) is 6.07 Å². The van der Waals surface area contributed by atoms with Gasteiger partial charge in [0.2, 0.25) is 5.78 Å². The molecule has 1 aliphatic rings. The van der Waals surface area contributed by atoms with Gasteiger partial charge in [-0.2, -0.15) is 0 Å². The molecule has 1 saturated carbocycles. The highest BCUT2D eigenvalue weighted by Gasteiger charge is 2.25. The molecule has 1 aromatic carbocycles. The molecule has 0 aromatic heterocycles. The molecule has 14 heavy (non-hydrogen) atoms. The summed E-state index contributed by atoms with van der Waals surface area (Å²) < 4.78 is 24.2. The summed E-state index contributed by atoms with van der Waals surface area (Å²) in [6, 6.07) is 6.59. The van der Waals surface area contributed by atoms with E-state index < -0.39 is 12.2 Å². The summed E-state index contributed by atoms with van der Waals surface area (Å²) in [5.74, 6) is -0.590. The van der Waals surface area contributed by atoms with Crippen LogP contribution in [-0.2, 0) is 0 Å². The van der Waals surface area contributed by atoms with Gasteiger partial charge in [-0.1, -0.05) is 18.2 Å². The minimum Gasteiger partial charge on any atom is -0.288 e. The largest absolute Gasteiger partial charge is 0.300 e. The lowest BCUT2D eigenvalue weighted by Crippen LogP contribution is -2.10. The molecule has 3 heteroatoms. The van der Waals surface area contributed by atoms with Crippen molar-refractivity contribution in [3.8, 4) is 0 Å². The van der Waals surface area contributed by atoms with Crippen molar-refractivity contribution in [2.24, 2.45) is 0 Å². The first kappa shape index (κ1) is 9.31. The Morgan fingerprint density at radius 3 is 2.64 bits per heavy atom. The first-order valence-electron chi connectivity index (χ1n) is 4.61. The molecule has 1 fully saturated rings. The normalized spacial score (nSPS) is 15.9. The van der Waals surface area contributed by atoms with Crippen molar-refractivity contribution < 1.29 is 13.6 Å². The van der Waals surface area contributed by atoms with E-state index in [4.69, 9.17) is 0 Å². The van der Waals surface area contributed by atoms with Crippen molar-refractivity contribution >= 4 is 5.78 Å². The lowest BCUT2D eigenvalue weighted by Gasteiger charge is -2.02. The van der Waals surface area contributed by atoms with Gasteiger partial charge in [0, 0.05) is 5.56 Å². The number of ketones is 1. The van der Waals surface area contributed by atoms with Crippen LogP contribution >= 0.6 is 0 Å². The maximum atomic E-state index is 12.1. The zero-order chi connectivity index (χ0) is 10.1. The van der Waals surface area contributed by atoms with Crippen LogP contribution in [0.1, 0.15) is 34.7 Å². The quantitative estimate of drug-likeness (QED) is 0.679. The third-order valence-corrected chi connectivity index (χ3v) is 2.42. The van der Waals surface area contributed by atoms with E-state index in [0.717, 1.165) is 18.4 Å². The molecule has 0 amide bonds. The van der Waals surface area contributed by atoms with Gasteiger partial charge in [0.15, 0.2) is 0 Å². The predicted molar refractivity (Wildman–Crippen MR) is 48.8 cm³/mol. The molecular weight excluding hydrogens is 186 g/mol. The topological polar surface area (TPSA) is 17.1 Å². The van der Waals surface area contributed by atoms with E-state index in [2.05, 4.69) is 0 Å². The number of hydrogen-bond acceptors (Lipinski definition) is 1. The number of carbonyl (C=O) groups is 1. The SMILES string of the molecule is O=C(c1cccc(C2CC2)c1)C(F)F. The van der Waals surface area contributed by atoms with Crippen LogP contribution in [0.15, 0.2) is 24.3 Å². The third-order valence-electron chi connectivity index (χ3n) is 2.42. The number of Topliss-reactive ketones (excluding diaryl/α,β-unsaturated/α-hetero) is 1. The Morgan fingerprint density at radius 1 is 1.36 bits per heavy atom. The molecule has 2 rings (SSSR count). The molecule has 0 saturated heterocycles. The molecule has 0 aliphatic heterocycles. The second-order valence-electron chi connectivity index (χ2n) is 3.56. The van der Waals surface area contributed by atoms with Gasteiger partial charge < -0.3 is 0 Å². The van der Waals surface area contributed by atoms with Gasteiger partial charge >= 0.3 is 6.43 Å². The van der Waals surface area contributed by atoms with E-state index in [1.54, 1.807) is 12.1 Å². The molecule has 1 aromatic rings. The fourth-order valence-electron chi connectivity index (χ4n) is 1.49. The van der Waals surface area contributed by atoms with Crippen molar-refractivity contribution in [1.29, 1.82) is 0 Å². The Bertz CT molecular complexity index is 356. The van der Waals surface area contributed by atoms with E-state index in [0.29, 0.717) is 5.92 Å². The van der Waals surface area contributed by atoms with Gasteiger partial charge in [0.05, 0.1) is 0 Å². The van der Waals surface area contributed by atoms with Gasteiger partial charge in [-0.15, -0.1) is 0 Å². The highest BCUT2D eigenvalue weighted by atomic mass is 19.3. The maximum absolute atomic E-state index is 12.1.